The van der Waals surface area contributed by atoms with Crippen LogP contribution in [-0.2, 0) is 0 Å². The first-order chi connectivity index (χ1) is 8.97. The first-order valence-electron chi connectivity index (χ1n) is 5.92. The highest BCUT2D eigenvalue weighted by molar-refractivity contribution is 9.09. The fraction of sp³-hybridized carbons (Fsp3) is 0.357. The largest absolute Gasteiger partial charge is 0.451 e. The number of nitrogens with one attached hydrogen (secondary N) is 1. The molecule has 5 heteroatoms. The Morgan fingerprint density at radius 2 is 2.00 bits per heavy atom. The number of alkyl halides is 2. The summed E-state index contributed by atoms with van der Waals surface area (Å²) >= 11 is 6.80. The number of benzene rings is 1. The van der Waals surface area contributed by atoms with Crippen LogP contribution in [0.15, 0.2) is 28.7 Å². The minimum atomic E-state index is -0.341. The van der Waals surface area contributed by atoms with Gasteiger partial charge in [0.15, 0.2) is 5.76 Å². The minimum Gasteiger partial charge on any atom is -0.451 e. The number of aryl methyl sites for hydroxylation is 1. The fourth-order valence-corrected chi connectivity index (χ4v) is 2.92. The lowest BCUT2D eigenvalue weighted by Gasteiger charge is -2.25. The molecule has 102 valence electrons. The summed E-state index contributed by atoms with van der Waals surface area (Å²) in [5, 5.41) is 5.23. The molecule has 0 aliphatic carbocycles. The lowest BCUT2D eigenvalue weighted by molar-refractivity contribution is 0.0897. The van der Waals surface area contributed by atoms with Gasteiger partial charge in [-0.3, -0.25) is 4.79 Å². The quantitative estimate of drug-likeness (QED) is 0.803. The number of carbonyl (C=O) groups is 1. The van der Waals surface area contributed by atoms with Crippen molar-refractivity contribution in [3.8, 4) is 0 Å². The molecule has 0 saturated carbocycles. The number of halogens is 2. The van der Waals surface area contributed by atoms with Gasteiger partial charge in [-0.15, -0.1) is 0 Å². The van der Waals surface area contributed by atoms with Crippen LogP contribution in [0.3, 0.4) is 0 Å². The van der Waals surface area contributed by atoms with E-state index in [1.165, 1.54) is 0 Å². The molecule has 0 aliphatic rings. The number of hydrogen-bond acceptors (Lipinski definition) is 2. The maximum absolute atomic E-state index is 12.2. The Balaban J connectivity index is 2.27. The predicted octanol–water partition coefficient (Wildman–Crippen LogP) is 4.02. The van der Waals surface area contributed by atoms with Crippen molar-refractivity contribution in [1.82, 2.24) is 5.32 Å². The Morgan fingerprint density at radius 3 is 2.63 bits per heavy atom. The van der Waals surface area contributed by atoms with Crippen LogP contribution < -0.4 is 5.32 Å². The molecule has 0 spiro atoms. The summed E-state index contributed by atoms with van der Waals surface area (Å²) < 4.78 is 5.58. The number of carbonyl (C=O) groups excluding carboxylic acids is 1. The van der Waals surface area contributed by atoms with Gasteiger partial charge in [-0.2, -0.15) is 0 Å². The monoisotopic (exact) mass is 387 g/mol. The number of amides is 1. The van der Waals surface area contributed by atoms with Crippen LogP contribution in [0.25, 0.3) is 11.0 Å². The topological polar surface area (TPSA) is 42.2 Å². The maximum atomic E-state index is 12.2. The van der Waals surface area contributed by atoms with E-state index in [2.05, 4.69) is 37.2 Å². The summed E-state index contributed by atoms with van der Waals surface area (Å²) in [7, 11) is 0. The van der Waals surface area contributed by atoms with Gasteiger partial charge in [0.05, 0.1) is 5.54 Å². The van der Waals surface area contributed by atoms with Crippen LogP contribution in [0, 0.1) is 6.92 Å². The zero-order chi connectivity index (χ0) is 14.0. The van der Waals surface area contributed by atoms with E-state index in [1.54, 1.807) is 6.07 Å². The third kappa shape index (κ3) is 3.20. The molecular weight excluding hydrogens is 374 g/mol. The smallest absolute Gasteiger partial charge is 0.287 e. The van der Waals surface area contributed by atoms with E-state index in [9.17, 15) is 4.79 Å². The molecule has 1 N–H and O–H groups in total. The second-order valence-corrected chi connectivity index (χ2v) is 6.06. The Kier molecular flexibility index (Phi) is 4.36. The summed E-state index contributed by atoms with van der Waals surface area (Å²) in [6.45, 7) is 3.97. The Labute approximate surface area is 129 Å². The highest BCUT2D eigenvalue weighted by atomic mass is 79.9. The van der Waals surface area contributed by atoms with Gasteiger partial charge in [-0.1, -0.05) is 43.5 Å². The first-order valence-corrected chi connectivity index (χ1v) is 8.16. The summed E-state index contributed by atoms with van der Waals surface area (Å²) in [4.78, 5) is 12.2. The van der Waals surface area contributed by atoms with Gasteiger partial charge < -0.3 is 9.73 Å². The Bertz CT molecular complexity index is 603. The van der Waals surface area contributed by atoms with Crippen LogP contribution >= 0.6 is 31.9 Å². The standard InChI is InChI=1S/C14H15Br2NO2/c1-9-3-4-11-10(5-9)6-12(19-11)13(18)17-14(2,7-15)8-16/h3-6H,7-8H2,1-2H3,(H,17,18). The van der Waals surface area contributed by atoms with Crippen LogP contribution in [0.1, 0.15) is 23.0 Å². The van der Waals surface area contributed by atoms with Crippen molar-refractivity contribution in [1.29, 1.82) is 0 Å². The van der Waals surface area contributed by atoms with Crippen molar-refractivity contribution in [2.45, 2.75) is 19.4 Å². The van der Waals surface area contributed by atoms with Gasteiger partial charge in [0.25, 0.3) is 5.91 Å². The lowest BCUT2D eigenvalue weighted by atomic mass is 10.1. The number of rotatable bonds is 4. The molecule has 1 aromatic carbocycles. The van der Waals surface area contributed by atoms with E-state index in [0.29, 0.717) is 16.4 Å². The average molecular weight is 389 g/mol. The SMILES string of the molecule is Cc1ccc2oc(C(=O)NC(C)(CBr)CBr)cc2c1. The molecule has 0 atom stereocenters. The zero-order valence-corrected chi connectivity index (χ0v) is 14.0. The molecule has 0 unspecified atom stereocenters. The van der Waals surface area contributed by atoms with Gasteiger partial charge >= 0.3 is 0 Å². The molecule has 1 aromatic heterocycles. The molecule has 2 rings (SSSR count). The third-order valence-corrected chi connectivity index (χ3v) is 5.38. The average Bonchev–Trinajstić information content (AvgIpc) is 2.81. The molecule has 0 fully saturated rings. The second-order valence-electron chi connectivity index (χ2n) is 4.93. The van der Waals surface area contributed by atoms with Crippen molar-refractivity contribution < 1.29 is 9.21 Å². The summed E-state index contributed by atoms with van der Waals surface area (Å²) in [6, 6.07) is 7.63. The molecule has 0 saturated heterocycles. The molecule has 0 aliphatic heterocycles. The van der Waals surface area contributed by atoms with Crippen LogP contribution in [0.5, 0.6) is 0 Å². The molecule has 19 heavy (non-hydrogen) atoms. The Hall–Kier alpha value is -0.810. The second kappa shape index (κ2) is 5.67. The highest BCUT2D eigenvalue weighted by Crippen LogP contribution is 2.21. The number of hydrogen-bond donors (Lipinski definition) is 1. The van der Waals surface area contributed by atoms with Gasteiger partial charge in [0.1, 0.15) is 5.58 Å². The molecule has 1 heterocycles. The fourth-order valence-electron chi connectivity index (χ4n) is 1.71. The molecule has 0 radical (unpaired) electrons. The van der Waals surface area contributed by atoms with Crippen molar-refractivity contribution in [2.75, 3.05) is 10.7 Å². The highest BCUT2D eigenvalue weighted by Gasteiger charge is 2.25. The normalized spacial score (nSPS) is 11.8. The number of fused-ring (bicyclic) bond motifs is 1. The van der Waals surface area contributed by atoms with Crippen molar-refractivity contribution in [3.63, 3.8) is 0 Å². The molecule has 3 nitrogen and oxygen atoms in total. The van der Waals surface area contributed by atoms with E-state index in [1.807, 2.05) is 32.0 Å². The minimum absolute atomic E-state index is 0.199. The Morgan fingerprint density at radius 1 is 1.32 bits per heavy atom. The zero-order valence-electron chi connectivity index (χ0n) is 10.8. The van der Waals surface area contributed by atoms with Crippen molar-refractivity contribution in [3.05, 3.63) is 35.6 Å². The molecule has 1 amide bonds. The van der Waals surface area contributed by atoms with Crippen LogP contribution in [0.2, 0.25) is 0 Å². The predicted molar refractivity (Wildman–Crippen MR) is 84.4 cm³/mol. The van der Waals surface area contributed by atoms with Gasteiger partial charge in [-0.05, 0) is 32.0 Å². The van der Waals surface area contributed by atoms with E-state index in [0.717, 1.165) is 16.5 Å². The number of furan rings is 1. The van der Waals surface area contributed by atoms with Crippen LogP contribution in [-0.4, -0.2) is 22.1 Å². The lowest BCUT2D eigenvalue weighted by Crippen LogP contribution is -2.48. The van der Waals surface area contributed by atoms with Crippen LogP contribution in [0.4, 0.5) is 0 Å². The first kappa shape index (κ1) is 14.6. The van der Waals surface area contributed by atoms with Crippen molar-refractivity contribution in [2.24, 2.45) is 0 Å². The van der Waals surface area contributed by atoms with E-state index < -0.39 is 0 Å². The summed E-state index contributed by atoms with van der Waals surface area (Å²) in [5.74, 6) is 0.143. The molecule has 2 aromatic rings. The van der Waals surface area contributed by atoms with E-state index in [-0.39, 0.29) is 11.4 Å². The van der Waals surface area contributed by atoms with Crippen molar-refractivity contribution >= 4 is 48.7 Å². The molecule has 0 bridgehead atoms. The van der Waals surface area contributed by atoms with E-state index in [4.69, 9.17) is 4.42 Å². The third-order valence-electron chi connectivity index (χ3n) is 2.90. The summed E-state index contributed by atoms with van der Waals surface area (Å²) in [5.41, 5.74) is 1.53. The van der Waals surface area contributed by atoms with Gasteiger partial charge in [0.2, 0.25) is 0 Å². The van der Waals surface area contributed by atoms with Gasteiger partial charge in [0, 0.05) is 16.0 Å². The van der Waals surface area contributed by atoms with E-state index >= 15 is 0 Å². The maximum Gasteiger partial charge on any atom is 0.287 e. The van der Waals surface area contributed by atoms with Gasteiger partial charge in [-0.25, -0.2) is 0 Å². The molecular formula is C14H15Br2NO2. The summed E-state index contributed by atoms with van der Waals surface area (Å²) in [6.07, 6.45) is 0.